The third-order valence-corrected chi connectivity index (χ3v) is 2.60. The smallest absolute Gasteiger partial charge is 0.0431 e. The third-order valence-electron chi connectivity index (χ3n) is 2.60. The number of aliphatic hydroxyl groups excluding tert-OH is 1. The highest BCUT2D eigenvalue weighted by Crippen LogP contribution is 2.19. The standard InChI is InChI=1S/C9H19NO/c1-2-8-6-9(10-7-8)4-3-5-11/h8-11H,2-7H2,1H3. The highest BCUT2D eigenvalue weighted by Gasteiger charge is 2.21. The lowest BCUT2D eigenvalue weighted by Crippen LogP contribution is -2.21. The van der Waals surface area contributed by atoms with E-state index in [1.54, 1.807) is 0 Å². The van der Waals surface area contributed by atoms with Gasteiger partial charge >= 0.3 is 0 Å². The van der Waals surface area contributed by atoms with E-state index in [1.165, 1.54) is 19.4 Å². The second kappa shape index (κ2) is 4.73. The first-order chi connectivity index (χ1) is 5.36. The van der Waals surface area contributed by atoms with Crippen LogP contribution in [0.4, 0.5) is 0 Å². The summed E-state index contributed by atoms with van der Waals surface area (Å²) in [6.45, 7) is 3.78. The molecule has 2 atom stereocenters. The van der Waals surface area contributed by atoms with Gasteiger partial charge in [0.15, 0.2) is 0 Å². The van der Waals surface area contributed by atoms with Gasteiger partial charge in [-0.15, -0.1) is 0 Å². The molecule has 0 radical (unpaired) electrons. The van der Waals surface area contributed by atoms with Gasteiger partial charge in [0, 0.05) is 12.6 Å². The van der Waals surface area contributed by atoms with E-state index >= 15 is 0 Å². The molecular weight excluding hydrogens is 138 g/mol. The molecule has 2 nitrogen and oxygen atoms in total. The van der Waals surface area contributed by atoms with Crippen molar-refractivity contribution in [1.29, 1.82) is 0 Å². The zero-order valence-corrected chi connectivity index (χ0v) is 7.34. The quantitative estimate of drug-likeness (QED) is 0.641. The fourth-order valence-electron chi connectivity index (χ4n) is 1.77. The van der Waals surface area contributed by atoms with Crippen LogP contribution < -0.4 is 5.32 Å². The minimum Gasteiger partial charge on any atom is -0.396 e. The zero-order valence-electron chi connectivity index (χ0n) is 7.34. The Balaban J connectivity index is 2.09. The average molecular weight is 157 g/mol. The summed E-state index contributed by atoms with van der Waals surface area (Å²) in [5.41, 5.74) is 0. The lowest BCUT2D eigenvalue weighted by molar-refractivity contribution is 0.277. The van der Waals surface area contributed by atoms with Crippen LogP contribution in [0, 0.1) is 5.92 Å². The predicted molar refractivity (Wildman–Crippen MR) is 46.5 cm³/mol. The summed E-state index contributed by atoms with van der Waals surface area (Å²) >= 11 is 0. The number of hydrogen-bond acceptors (Lipinski definition) is 2. The molecule has 0 aromatic heterocycles. The Morgan fingerprint density at radius 3 is 2.91 bits per heavy atom. The van der Waals surface area contributed by atoms with Crippen LogP contribution >= 0.6 is 0 Å². The Hall–Kier alpha value is -0.0800. The Bertz CT molecular complexity index is 106. The molecule has 0 saturated carbocycles. The van der Waals surface area contributed by atoms with E-state index in [0.717, 1.165) is 18.8 Å². The van der Waals surface area contributed by atoms with Crippen molar-refractivity contribution < 1.29 is 5.11 Å². The first-order valence-corrected chi connectivity index (χ1v) is 4.71. The first-order valence-electron chi connectivity index (χ1n) is 4.71. The fourth-order valence-corrected chi connectivity index (χ4v) is 1.77. The van der Waals surface area contributed by atoms with Crippen LogP contribution in [-0.2, 0) is 0 Å². The van der Waals surface area contributed by atoms with Gasteiger partial charge in [-0.05, 0) is 31.7 Å². The number of hydrogen-bond donors (Lipinski definition) is 2. The molecule has 0 aliphatic carbocycles. The first kappa shape index (κ1) is 9.01. The van der Waals surface area contributed by atoms with E-state index < -0.39 is 0 Å². The van der Waals surface area contributed by atoms with Gasteiger partial charge < -0.3 is 10.4 Å². The summed E-state index contributed by atoms with van der Waals surface area (Å²) in [4.78, 5) is 0. The second-order valence-electron chi connectivity index (χ2n) is 3.48. The van der Waals surface area contributed by atoms with Gasteiger partial charge in [-0.3, -0.25) is 0 Å². The molecule has 2 heteroatoms. The molecule has 0 aromatic carbocycles. The SMILES string of the molecule is CCC1CNC(CCCO)C1. The molecule has 0 aromatic rings. The maximum atomic E-state index is 8.62. The summed E-state index contributed by atoms with van der Waals surface area (Å²) in [6.07, 6.45) is 4.71. The predicted octanol–water partition coefficient (Wildman–Crippen LogP) is 1.15. The van der Waals surface area contributed by atoms with E-state index in [4.69, 9.17) is 5.11 Å². The maximum Gasteiger partial charge on any atom is 0.0431 e. The third kappa shape index (κ3) is 2.80. The second-order valence-corrected chi connectivity index (χ2v) is 3.48. The van der Waals surface area contributed by atoms with E-state index in [0.29, 0.717) is 12.6 Å². The maximum absolute atomic E-state index is 8.62. The van der Waals surface area contributed by atoms with Gasteiger partial charge in [0.2, 0.25) is 0 Å². The van der Waals surface area contributed by atoms with Crippen LogP contribution in [0.25, 0.3) is 0 Å². The molecule has 1 rings (SSSR count). The topological polar surface area (TPSA) is 32.3 Å². The molecule has 1 aliphatic heterocycles. The fraction of sp³-hybridized carbons (Fsp3) is 1.00. The molecule has 2 N–H and O–H groups in total. The molecule has 11 heavy (non-hydrogen) atoms. The van der Waals surface area contributed by atoms with Crippen molar-refractivity contribution in [3.8, 4) is 0 Å². The van der Waals surface area contributed by atoms with Gasteiger partial charge in [-0.2, -0.15) is 0 Å². The molecule has 1 fully saturated rings. The molecule has 1 heterocycles. The van der Waals surface area contributed by atoms with Gasteiger partial charge in [0.1, 0.15) is 0 Å². The molecule has 0 spiro atoms. The summed E-state index contributed by atoms with van der Waals surface area (Å²) < 4.78 is 0. The number of rotatable bonds is 4. The Morgan fingerprint density at radius 1 is 1.55 bits per heavy atom. The monoisotopic (exact) mass is 157 g/mol. The average Bonchev–Trinajstić information content (AvgIpc) is 2.48. The Labute approximate surface area is 69.0 Å². The summed E-state index contributed by atoms with van der Waals surface area (Å²) in [7, 11) is 0. The van der Waals surface area contributed by atoms with Crippen molar-refractivity contribution in [2.24, 2.45) is 5.92 Å². The summed E-state index contributed by atoms with van der Waals surface area (Å²) in [6, 6.07) is 0.687. The molecule has 66 valence electrons. The van der Waals surface area contributed by atoms with Crippen molar-refractivity contribution in [2.75, 3.05) is 13.2 Å². The molecule has 0 bridgehead atoms. The van der Waals surface area contributed by atoms with E-state index in [1.807, 2.05) is 0 Å². The largest absolute Gasteiger partial charge is 0.396 e. The van der Waals surface area contributed by atoms with Gasteiger partial charge in [-0.25, -0.2) is 0 Å². The van der Waals surface area contributed by atoms with Gasteiger partial charge in [0.25, 0.3) is 0 Å². The molecule has 0 amide bonds. The Morgan fingerprint density at radius 2 is 2.36 bits per heavy atom. The molecule has 1 aliphatic rings. The highest BCUT2D eigenvalue weighted by atomic mass is 16.2. The van der Waals surface area contributed by atoms with Crippen LogP contribution in [0.1, 0.15) is 32.6 Å². The lowest BCUT2D eigenvalue weighted by atomic mass is 10.0. The number of aliphatic hydroxyl groups is 1. The van der Waals surface area contributed by atoms with Gasteiger partial charge in [-0.1, -0.05) is 13.3 Å². The summed E-state index contributed by atoms with van der Waals surface area (Å²) in [5.74, 6) is 0.888. The van der Waals surface area contributed by atoms with Crippen molar-refractivity contribution in [3.05, 3.63) is 0 Å². The van der Waals surface area contributed by atoms with Crippen LogP contribution in [0.15, 0.2) is 0 Å². The zero-order chi connectivity index (χ0) is 8.10. The van der Waals surface area contributed by atoms with E-state index in [-0.39, 0.29) is 0 Å². The van der Waals surface area contributed by atoms with Crippen LogP contribution in [0.2, 0.25) is 0 Å². The van der Waals surface area contributed by atoms with Crippen molar-refractivity contribution in [1.82, 2.24) is 5.32 Å². The molecule has 1 saturated heterocycles. The summed E-state index contributed by atoms with van der Waals surface area (Å²) in [5, 5.41) is 12.1. The molecular formula is C9H19NO. The normalized spacial score (nSPS) is 31.1. The van der Waals surface area contributed by atoms with Crippen molar-refractivity contribution >= 4 is 0 Å². The Kier molecular flexibility index (Phi) is 3.87. The van der Waals surface area contributed by atoms with Crippen molar-refractivity contribution in [2.45, 2.75) is 38.6 Å². The minimum absolute atomic E-state index is 0.342. The van der Waals surface area contributed by atoms with Crippen LogP contribution in [0.5, 0.6) is 0 Å². The van der Waals surface area contributed by atoms with Crippen molar-refractivity contribution in [3.63, 3.8) is 0 Å². The van der Waals surface area contributed by atoms with Crippen LogP contribution in [0.3, 0.4) is 0 Å². The molecule has 2 unspecified atom stereocenters. The van der Waals surface area contributed by atoms with E-state index in [9.17, 15) is 0 Å². The lowest BCUT2D eigenvalue weighted by Gasteiger charge is -2.07. The minimum atomic E-state index is 0.342. The highest BCUT2D eigenvalue weighted by molar-refractivity contribution is 4.80. The van der Waals surface area contributed by atoms with Crippen LogP contribution in [-0.4, -0.2) is 24.3 Å². The van der Waals surface area contributed by atoms with E-state index in [2.05, 4.69) is 12.2 Å². The van der Waals surface area contributed by atoms with Gasteiger partial charge in [0.05, 0.1) is 0 Å². The number of nitrogens with one attached hydrogen (secondary N) is 1.